The van der Waals surface area contributed by atoms with E-state index in [4.69, 9.17) is 10.3 Å². The molecule has 0 spiro atoms. The maximum Gasteiger partial charge on any atom is 0.319 e. The number of halogens is 1. The van der Waals surface area contributed by atoms with Crippen molar-refractivity contribution in [2.24, 2.45) is 5.73 Å². The quantitative estimate of drug-likeness (QED) is 0.767. The number of aromatic nitrogens is 2. The number of imide groups is 1. The molecule has 0 bridgehead atoms. The number of carbonyl (C=O) groups excluding carboxylic acids is 2. The van der Waals surface area contributed by atoms with E-state index in [0.29, 0.717) is 5.56 Å². The summed E-state index contributed by atoms with van der Waals surface area (Å²) in [6.45, 7) is 0. The smallest absolute Gasteiger partial charge is 0.319 e. The number of nitrogens with two attached hydrogens (primary N) is 1. The number of primary amides is 1. The molecule has 7 nitrogen and oxygen atoms in total. The van der Waals surface area contributed by atoms with Crippen molar-refractivity contribution < 1.29 is 18.5 Å². The van der Waals surface area contributed by atoms with E-state index < -0.39 is 17.8 Å². The molecule has 1 heterocycles. The van der Waals surface area contributed by atoms with Crippen molar-refractivity contribution in [1.29, 1.82) is 0 Å². The van der Waals surface area contributed by atoms with Gasteiger partial charge in [-0.1, -0.05) is 29.4 Å². The van der Waals surface area contributed by atoms with Crippen molar-refractivity contribution in [3.05, 3.63) is 59.9 Å². The van der Waals surface area contributed by atoms with Crippen LogP contribution in [0.3, 0.4) is 0 Å². The predicted molar refractivity (Wildman–Crippen MR) is 82.2 cm³/mol. The molecule has 3 rings (SSSR count). The van der Waals surface area contributed by atoms with Crippen molar-refractivity contribution in [2.75, 3.05) is 0 Å². The Bertz CT molecular complexity index is 923. The third kappa shape index (κ3) is 3.12. The van der Waals surface area contributed by atoms with Crippen molar-refractivity contribution in [2.45, 2.75) is 0 Å². The molecule has 24 heavy (non-hydrogen) atoms. The van der Waals surface area contributed by atoms with E-state index in [1.165, 1.54) is 24.3 Å². The molecule has 0 saturated heterocycles. The average molecular weight is 326 g/mol. The molecule has 3 aromatic rings. The zero-order valence-corrected chi connectivity index (χ0v) is 12.2. The van der Waals surface area contributed by atoms with Crippen LogP contribution in [0.25, 0.3) is 22.8 Å². The Kier molecular flexibility index (Phi) is 4.02. The van der Waals surface area contributed by atoms with Crippen molar-refractivity contribution in [3.8, 4) is 22.8 Å². The molecule has 8 heteroatoms. The monoisotopic (exact) mass is 326 g/mol. The molecule has 120 valence electrons. The van der Waals surface area contributed by atoms with Crippen LogP contribution >= 0.6 is 0 Å². The van der Waals surface area contributed by atoms with Gasteiger partial charge in [-0.05, 0) is 24.3 Å². The van der Waals surface area contributed by atoms with Crippen molar-refractivity contribution in [3.63, 3.8) is 0 Å². The Morgan fingerprint density at radius 2 is 1.92 bits per heavy atom. The molecule has 2 aromatic carbocycles. The Balaban J connectivity index is 1.92. The molecule has 0 fully saturated rings. The maximum atomic E-state index is 13.8. The zero-order chi connectivity index (χ0) is 17.1. The van der Waals surface area contributed by atoms with Gasteiger partial charge in [0, 0.05) is 11.1 Å². The SMILES string of the molecule is NC(=O)NC(=O)c1cccc(-c2noc(-c3ccccc3F)n2)c1. The first-order valence-corrected chi connectivity index (χ1v) is 6.84. The fourth-order valence-electron chi connectivity index (χ4n) is 2.07. The Labute approximate surface area is 135 Å². The van der Waals surface area contributed by atoms with E-state index in [0.717, 1.165) is 0 Å². The van der Waals surface area contributed by atoms with Gasteiger partial charge in [-0.25, -0.2) is 9.18 Å². The van der Waals surface area contributed by atoms with Gasteiger partial charge in [0.05, 0.1) is 5.56 Å². The van der Waals surface area contributed by atoms with Gasteiger partial charge in [-0.3, -0.25) is 10.1 Å². The van der Waals surface area contributed by atoms with Crippen LogP contribution in [0.5, 0.6) is 0 Å². The average Bonchev–Trinajstić information content (AvgIpc) is 3.04. The lowest BCUT2D eigenvalue weighted by Gasteiger charge is -2.02. The summed E-state index contributed by atoms with van der Waals surface area (Å²) in [5.74, 6) is -0.929. The van der Waals surface area contributed by atoms with E-state index in [1.54, 1.807) is 24.3 Å². The van der Waals surface area contributed by atoms with Crippen molar-refractivity contribution in [1.82, 2.24) is 15.5 Å². The second kappa shape index (κ2) is 6.29. The standard InChI is InChI=1S/C16H11FN4O3/c17-12-7-2-1-6-11(12)15-19-13(21-24-15)9-4-3-5-10(8-9)14(22)20-16(18)23/h1-8H,(H3,18,20,22,23). The van der Waals surface area contributed by atoms with E-state index in [2.05, 4.69) is 10.1 Å². The number of rotatable bonds is 3. The number of nitrogens with zero attached hydrogens (tertiary/aromatic N) is 2. The van der Waals surface area contributed by atoms with Crippen LogP contribution in [-0.2, 0) is 0 Å². The lowest BCUT2D eigenvalue weighted by molar-refractivity contribution is 0.0966. The summed E-state index contributed by atoms with van der Waals surface area (Å²) in [6.07, 6.45) is 0. The topological polar surface area (TPSA) is 111 Å². The van der Waals surface area contributed by atoms with Crippen LogP contribution in [0.2, 0.25) is 0 Å². The fourth-order valence-corrected chi connectivity index (χ4v) is 2.07. The number of hydrogen-bond acceptors (Lipinski definition) is 5. The summed E-state index contributed by atoms with van der Waals surface area (Å²) in [7, 11) is 0. The van der Waals surface area contributed by atoms with Crippen LogP contribution in [0, 0.1) is 5.82 Å². The van der Waals surface area contributed by atoms with Gasteiger partial charge < -0.3 is 10.3 Å². The number of urea groups is 1. The second-order valence-corrected chi connectivity index (χ2v) is 4.80. The first kappa shape index (κ1) is 15.3. The minimum Gasteiger partial charge on any atom is -0.351 e. The molecule has 0 saturated carbocycles. The van der Waals surface area contributed by atoms with Crippen LogP contribution in [0.4, 0.5) is 9.18 Å². The number of hydrogen-bond donors (Lipinski definition) is 2. The van der Waals surface area contributed by atoms with Gasteiger partial charge in [0.25, 0.3) is 11.8 Å². The molecule has 1 aromatic heterocycles. The zero-order valence-electron chi connectivity index (χ0n) is 12.2. The summed E-state index contributed by atoms with van der Waals surface area (Å²) >= 11 is 0. The lowest BCUT2D eigenvalue weighted by atomic mass is 10.1. The van der Waals surface area contributed by atoms with Gasteiger partial charge in [0.15, 0.2) is 0 Å². The maximum absolute atomic E-state index is 13.8. The number of benzene rings is 2. The summed E-state index contributed by atoms with van der Waals surface area (Å²) in [5, 5.41) is 5.75. The van der Waals surface area contributed by atoms with Crippen LogP contribution < -0.4 is 11.1 Å². The van der Waals surface area contributed by atoms with Gasteiger partial charge in [-0.15, -0.1) is 0 Å². The van der Waals surface area contributed by atoms with Gasteiger partial charge in [-0.2, -0.15) is 4.98 Å². The van der Waals surface area contributed by atoms with Crippen LogP contribution in [-0.4, -0.2) is 22.1 Å². The summed E-state index contributed by atoms with van der Waals surface area (Å²) in [5.41, 5.74) is 5.76. The third-order valence-corrected chi connectivity index (χ3v) is 3.15. The molecule has 3 N–H and O–H groups in total. The van der Waals surface area contributed by atoms with E-state index in [-0.39, 0.29) is 22.8 Å². The lowest BCUT2D eigenvalue weighted by Crippen LogP contribution is -2.34. The van der Waals surface area contributed by atoms with E-state index in [1.807, 2.05) is 5.32 Å². The van der Waals surface area contributed by atoms with Gasteiger partial charge in [0.2, 0.25) is 5.82 Å². The van der Waals surface area contributed by atoms with Crippen molar-refractivity contribution >= 4 is 11.9 Å². The molecule has 0 aliphatic rings. The Morgan fingerprint density at radius 3 is 2.67 bits per heavy atom. The molecule has 0 atom stereocenters. The molecule has 3 amide bonds. The van der Waals surface area contributed by atoms with E-state index in [9.17, 15) is 14.0 Å². The van der Waals surface area contributed by atoms with Gasteiger partial charge >= 0.3 is 6.03 Å². The molecule has 0 radical (unpaired) electrons. The fraction of sp³-hybridized carbons (Fsp3) is 0. The highest BCUT2D eigenvalue weighted by Gasteiger charge is 2.15. The van der Waals surface area contributed by atoms with E-state index >= 15 is 0 Å². The number of nitrogens with one attached hydrogen (secondary N) is 1. The normalized spacial score (nSPS) is 10.4. The largest absolute Gasteiger partial charge is 0.351 e. The highest BCUT2D eigenvalue weighted by Crippen LogP contribution is 2.24. The first-order valence-electron chi connectivity index (χ1n) is 6.84. The van der Waals surface area contributed by atoms with Crippen LogP contribution in [0.15, 0.2) is 53.1 Å². The molecule has 0 aliphatic carbocycles. The minimum absolute atomic E-state index is 0.0232. The molecular formula is C16H11FN4O3. The summed E-state index contributed by atoms with van der Waals surface area (Å²) in [4.78, 5) is 26.7. The molecule has 0 unspecified atom stereocenters. The Morgan fingerprint density at radius 1 is 1.12 bits per heavy atom. The highest BCUT2D eigenvalue weighted by molar-refractivity contribution is 6.04. The minimum atomic E-state index is -0.952. The number of carbonyl (C=O) groups is 2. The van der Waals surface area contributed by atoms with Gasteiger partial charge in [0.1, 0.15) is 5.82 Å². The first-order chi connectivity index (χ1) is 11.5. The molecular weight excluding hydrogens is 315 g/mol. The summed E-state index contributed by atoms with van der Waals surface area (Å²) < 4.78 is 18.8. The predicted octanol–water partition coefficient (Wildman–Crippen LogP) is 2.35. The molecule has 0 aliphatic heterocycles. The summed E-state index contributed by atoms with van der Waals surface area (Å²) in [6, 6.07) is 11.3. The third-order valence-electron chi connectivity index (χ3n) is 3.15. The highest BCUT2D eigenvalue weighted by atomic mass is 19.1. The Hall–Kier alpha value is -3.55. The number of amides is 3. The second-order valence-electron chi connectivity index (χ2n) is 4.80. The van der Waals surface area contributed by atoms with Crippen LogP contribution in [0.1, 0.15) is 10.4 Å².